The van der Waals surface area contributed by atoms with Crippen molar-refractivity contribution >= 4 is 23.6 Å². The van der Waals surface area contributed by atoms with E-state index in [0.29, 0.717) is 29.4 Å². The Labute approximate surface area is 169 Å². The fraction of sp³-hybridized carbons (Fsp3) is 0.227. The van der Waals surface area contributed by atoms with Gasteiger partial charge in [-0.15, -0.1) is 0 Å². The van der Waals surface area contributed by atoms with Crippen LogP contribution in [0.15, 0.2) is 42.0 Å². The minimum Gasteiger partial charge on any atom is -0.490 e. The van der Waals surface area contributed by atoms with Crippen LogP contribution in [-0.2, 0) is 9.59 Å². The van der Waals surface area contributed by atoms with Crippen LogP contribution in [0.2, 0.25) is 0 Å². The van der Waals surface area contributed by atoms with E-state index in [4.69, 9.17) is 15.2 Å². The number of rotatable bonds is 8. The topological polar surface area (TPSA) is 114 Å². The van der Waals surface area contributed by atoms with Crippen LogP contribution >= 0.6 is 0 Å². The summed E-state index contributed by atoms with van der Waals surface area (Å²) in [4.78, 5) is 23.5. The van der Waals surface area contributed by atoms with E-state index in [0.717, 1.165) is 11.1 Å². The van der Waals surface area contributed by atoms with Gasteiger partial charge in [-0.25, -0.2) is 0 Å². The molecule has 0 aromatic heterocycles. The van der Waals surface area contributed by atoms with Crippen molar-refractivity contribution in [3.05, 3.63) is 58.7 Å². The highest BCUT2D eigenvalue weighted by Gasteiger charge is 2.13. The Kier molecular flexibility index (Phi) is 7.38. The minimum atomic E-state index is -0.605. The lowest BCUT2D eigenvalue weighted by Gasteiger charge is -2.12. The third kappa shape index (κ3) is 5.84. The highest BCUT2D eigenvalue weighted by atomic mass is 16.5. The molecule has 2 aromatic rings. The first-order valence-electron chi connectivity index (χ1n) is 9.03. The molecule has 0 spiro atoms. The normalized spacial score (nSPS) is 10.8. The third-order valence-electron chi connectivity index (χ3n) is 4.17. The van der Waals surface area contributed by atoms with E-state index in [1.54, 1.807) is 31.2 Å². The molecule has 0 saturated heterocycles. The highest BCUT2D eigenvalue weighted by Crippen LogP contribution is 2.29. The first kappa shape index (κ1) is 21.5. The smallest absolute Gasteiger partial charge is 0.266 e. The number of carbonyl (C=O) groups excluding carboxylic acids is 2. The van der Waals surface area contributed by atoms with Gasteiger partial charge in [-0.05, 0) is 61.7 Å². The molecule has 29 heavy (non-hydrogen) atoms. The largest absolute Gasteiger partial charge is 0.490 e. The first-order valence-corrected chi connectivity index (χ1v) is 9.03. The van der Waals surface area contributed by atoms with Gasteiger partial charge in [0.05, 0.1) is 6.61 Å². The molecular formula is C22H23N3O4. The fourth-order valence-corrected chi connectivity index (χ4v) is 2.54. The Morgan fingerprint density at radius 2 is 1.93 bits per heavy atom. The molecule has 0 aliphatic rings. The summed E-state index contributed by atoms with van der Waals surface area (Å²) in [6.45, 7) is 5.75. The van der Waals surface area contributed by atoms with Gasteiger partial charge in [0.1, 0.15) is 11.6 Å². The molecule has 0 aliphatic carbocycles. The summed E-state index contributed by atoms with van der Waals surface area (Å²) < 4.78 is 10.8. The van der Waals surface area contributed by atoms with Gasteiger partial charge in [-0.3, -0.25) is 9.59 Å². The first-order chi connectivity index (χ1) is 13.8. The van der Waals surface area contributed by atoms with Crippen molar-refractivity contribution in [1.29, 1.82) is 5.26 Å². The number of benzene rings is 2. The van der Waals surface area contributed by atoms with Crippen LogP contribution in [0.1, 0.15) is 23.6 Å². The van der Waals surface area contributed by atoms with Crippen molar-refractivity contribution in [3.8, 4) is 17.6 Å². The lowest BCUT2D eigenvalue weighted by molar-refractivity contribution is -0.120. The van der Waals surface area contributed by atoms with Crippen LogP contribution in [0.5, 0.6) is 11.5 Å². The molecule has 2 aromatic carbocycles. The van der Waals surface area contributed by atoms with Crippen LogP contribution in [0, 0.1) is 25.2 Å². The predicted molar refractivity (Wildman–Crippen MR) is 110 cm³/mol. The number of carbonyl (C=O) groups is 2. The van der Waals surface area contributed by atoms with E-state index < -0.39 is 11.8 Å². The van der Waals surface area contributed by atoms with Gasteiger partial charge in [0.15, 0.2) is 18.1 Å². The molecule has 0 unspecified atom stereocenters. The summed E-state index contributed by atoms with van der Waals surface area (Å²) in [5.41, 5.74) is 8.25. The van der Waals surface area contributed by atoms with Crippen molar-refractivity contribution in [2.45, 2.75) is 20.8 Å². The summed E-state index contributed by atoms with van der Waals surface area (Å²) >= 11 is 0. The van der Waals surface area contributed by atoms with Gasteiger partial charge in [-0.2, -0.15) is 5.26 Å². The second-order valence-corrected chi connectivity index (χ2v) is 6.27. The van der Waals surface area contributed by atoms with Crippen LogP contribution in [0.4, 0.5) is 5.69 Å². The Hall–Kier alpha value is -3.79. The zero-order valence-electron chi connectivity index (χ0n) is 16.6. The number of nitrogens with two attached hydrogens (primary N) is 1. The Balaban J connectivity index is 2.28. The van der Waals surface area contributed by atoms with E-state index in [1.165, 1.54) is 6.08 Å². The monoisotopic (exact) mass is 393 g/mol. The van der Waals surface area contributed by atoms with Crippen molar-refractivity contribution in [2.75, 3.05) is 18.5 Å². The predicted octanol–water partition coefficient (Wildman–Crippen LogP) is 3.11. The number of hydrogen-bond donors (Lipinski definition) is 2. The van der Waals surface area contributed by atoms with Crippen LogP contribution in [0.25, 0.3) is 6.08 Å². The summed E-state index contributed by atoms with van der Waals surface area (Å²) in [7, 11) is 0. The SMILES string of the molecule is CCOc1cc(/C=C(/C#N)C(=O)Nc2cccc(C)c2C)ccc1OCC(N)=O. The number of hydrogen-bond acceptors (Lipinski definition) is 5. The van der Waals surface area contributed by atoms with E-state index >= 15 is 0 Å². The summed E-state index contributed by atoms with van der Waals surface area (Å²) in [6.07, 6.45) is 1.46. The molecule has 2 amide bonds. The van der Waals surface area contributed by atoms with Gasteiger partial charge in [0.2, 0.25) is 0 Å². The lowest BCUT2D eigenvalue weighted by atomic mass is 10.1. The maximum Gasteiger partial charge on any atom is 0.266 e. The van der Waals surface area contributed by atoms with Crippen molar-refractivity contribution < 1.29 is 19.1 Å². The van der Waals surface area contributed by atoms with Gasteiger partial charge in [0.25, 0.3) is 11.8 Å². The highest BCUT2D eigenvalue weighted by molar-refractivity contribution is 6.10. The van der Waals surface area contributed by atoms with Crippen molar-refractivity contribution in [1.82, 2.24) is 0 Å². The molecular weight excluding hydrogens is 370 g/mol. The quantitative estimate of drug-likeness (QED) is 0.528. The van der Waals surface area contributed by atoms with E-state index in [9.17, 15) is 14.9 Å². The van der Waals surface area contributed by atoms with Gasteiger partial charge >= 0.3 is 0 Å². The molecule has 0 saturated carbocycles. The molecule has 7 heteroatoms. The number of anilines is 1. The number of amides is 2. The second-order valence-electron chi connectivity index (χ2n) is 6.27. The number of ether oxygens (including phenoxy) is 2. The molecule has 0 bridgehead atoms. The van der Waals surface area contributed by atoms with Crippen molar-refractivity contribution in [2.24, 2.45) is 5.73 Å². The maximum absolute atomic E-state index is 12.6. The van der Waals surface area contributed by atoms with Gasteiger partial charge < -0.3 is 20.5 Å². The number of nitrogens with zero attached hydrogens (tertiary/aromatic N) is 1. The molecule has 0 heterocycles. The number of nitrogens with one attached hydrogen (secondary N) is 1. The molecule has 0 radical (unpaired) electrons. The molecule has 2 rings (SSSR count). The average Bonchev–Trinajstić information content (AvgIpc) is 2.69. The molecule has 7 nitrogen and oxygen atoms in total. The summed E-state index contributed by atoms with van der Waals surface area (Å²) in [6, 6.07) is 12.4. The molecule has 3 N–H and O–H groups in total. The minimum absolute atomic E-state index is 0.0563. The van der Waals surface area contributed by atoms with Crippen molar-refractivity contribution in [3.63, 3.8) is 0 Å². The number of nitriles is 1. The van der Waals surface area contributed by atoms with Gasteiger partial charge in [0, 0.05) is 5.69 Å². The summed E-state index contributed by atoms with van der Waals surface area (Å²) in [5, 5.41) is 12.2. The molecule has 0 atom stereocenters. The van der Waals surface area contributed by atoms with Crippen LogP contribution < -0.4 is 20.5 Å². The van der Waals surface area contributed by atoms with E-state index in [-0.39, 0.29) is 12.2 Å². The Bertz CT molecular complexity index is 990. The third-order valence-corrected chi connectivity index (χ3v) is 4.17. The maximum atomic E-state index is 12.6. The summed E-state index contributed by atoms with van der Waals surface area (Å²) in [5.74, 6) is -0.379. The zero-order valence-corrected chi connectivity index (χ0v) is 16.6. The van der Waals surface area contributed by atoms with E-state index in [2.05, 4.69) is 5.32 Å². The lowest BCUT2D eigenvalue weighted by Crippen LogP contribution is -2.20. The molecule has 0 aliphatic heterocycles. The number of aryl methyl sites for hydroxylation is 1. The van der Waals surface area contributed by atoms with Gasteiger partial charge in [-0.1, -0.05) is 18.2 Å². The van der Waals surface area contributed by atoms with Crippen LogP contribution in [0.3, 0.4) is 0 Å². The Morgan fingerprint density at radius 1 is 1.17 bits per heavy atom. The Morgan fingerprint density at radius 3 is 2.59 bits per heavy atom. The molecule has 0 fully saturated rings. The standard InChI is InChI=1S/C22H23N3O4/c1-4-28-20-11-16(8-9-19(20)29-13-21(24)26)10-17(12-23)22(27)25-18-7-5-6-14(2)15(18)3/h5-11H,4,13H2,1-3H3,(H2,24,26)(H,25,27)/b17-10-. The average molecular weight is 393 g/mol. The van der Waals surface area contributed by atoms with Crippen LogP contribution in [-0.4, -0.2) is 25.0 Å². The fourth-order valence-electron chi connectivity index (χ4n) is 2.54. The van der Waals surface area contributed by atoms with E-state index in [1.807, 2.05) is 32.0 Å². The number of primary amides is 1. The molecule has 150 valence electrons. The second kappa shape index (κ2) is 9.95. The zero-order chi connectivity index (χ0) is 21.4.